The number of hydrogen-bond acceptors (Lipinski definition) is 2. The number of rotatable bonds is 7. The lowest BCUT2D eigenvalue weighted by molar-refractivity contribution is 0.523. The van der Waals surface area contributed by atoms with Crippen molar-refractivity contribution in [2.75, 3.05) is 13.1 Å². The van der Waals surface area contributed by atoms with Gasteiger partial charge in [0.25, 0.3) is 0 Å². The molecular formula is C16H22FN3. The quantitative estimate of drug-likeness (QED) is 0.842. The van der Waals surface area contributed by atoms with Gasteiger partial charge in [0.05, 0.1) is 6.20 Å². The molecule has 0 saturated heterocycles. The van der Waals surface area contributed by atoms with Crippen LogP contribution in [0.25, 0.3) is 0 Å². The van der Waals surface area contributed by atoms with Crippen LogP contribution in [0.1, 0.15) is 30.4 Å². The Hall–Kier alpha value is -1.68. The topological polar surface area (TPSA) is 29.9 Å². The Morgan fingerprint density at radius 3 is 2.80 bits per heavy atom. The highest BCUT2D eigenvalue weighted by Crippen LogP contribution is 2.23. The minimum atomic E-state index is -0.110. The summed E-state index contributed by atoms with van der Waals surface area (Å²) in [6, 6.07) is 7.07. The molecule has 1 heterocycles. The summed E-state index contributed by atoms with van der Waals surface area (Å²) in [5.74, 6) is 0.0814. The van der Waals surface area contributed by atoms with Crippen LogP contribution < -0.4 is 5.32 Å². The second-order valence-corrected chi connectivity index (χ2v) is 5.09. The minimum absolute atomic E-state index is 0.110. The van der Waals surface area contributed by atoms with Gasteiger partial charge in [-0.3, -0.25) is 4.68 Å². The van der Waals surface area contributed by atoms with E-state index in [1.807, 2.05) is 31.6 Å². The van der Waals surface area contributed by atoms with Crippen molar-refractivity contribution in [3.05, 3.63) is 53.6 Å². The molecule has 0 bridgehead atoms. The summed E-state index contributed by atoms with van der Waals surface area (Å²) in [7, 11) is 1.91. The number of aryl methyl sites for hydroxylation is 2. The summed E-state index contributed by atoms with van der Waals surface area (Å²) < 4.78 is 15.8. The van der Waals surface area contributed by atoms with Crippen molar-refractivity contribution in [2.45, 2.75) is 25.7 Å². The van der Waals surface area contributed by atoms with Gasteiger partial charge in [-0.2, -0.15) is 5.10 Å². The smallest absolute Gasteiger partial charge is 0.126 e. The Morgan fingerprint density at radius 1 is 1.35 bits per heavy atom. The van der Waals surface area contributed by atoms with E-state index in [4.69, 9.17) is 0 Å². The number of benzene rings is 1. The highest BCUT2D eigenvalue weighted by Gasteiger charge is 2.15. The van der Waals surface area contributed by atoms with Crippen LogP contribution in [-0.2, 0) is 13.5 Å². The zero-order valence-electron chi connectivity index (χ0n) is 12.1. The fraction of sp³-hybridized carbons (Fsp3) is 0.438. The lowest BCUT2D eigenvalue weighted by Gasteiger charge is -2.18. The van der Waals surface area contributed by atoms with Crippen LogP contribution in [-0.4, -0.2) is 22.9 Å². The SMILES string of the molecule is CCNCC(CCc1cnn(C)c1)c1ccccc1F. The Bertz CT molecular complexity index is 536. The predicted octanol–water partition coefficient (Wildman–Crippen LogP) is 2.89. The van der Waals surface area contributed by atoms with Crippen LogP contribution in [0, 0.1) is 5.82 Å². The first-order chi connectivity index (χ1) is 9.70. The molecule has 0 amide bonds. The molecule has 1 N–H and O–H groups in total. The van der Waals surface area contributed by atoms with Crippen LogP contribution in [0.15, 0.2) is 36.7 Å². The Morgan fingerprint density at radius 2 is 2.15 bits per heavy atom. The van der Waals surface area contributed by atoms with Gasteiger partial charge in [-0.15, -0.1) is 0 Å². The summed E-state index contributed by atoms with van der Waals surface area (Å²) in [6.45, 7) is 3.77. The second-order valence-electron chi connectivity index (χ2n) is 5.09. The Labute approximate surface area is 119 Å². The van der Waals surface area contributed by atoms with Crippen molar-refractivity contribution in [3.63, 3.8) is 0 Å². The van der Waals surface area contributed by atoms with Crippen molar-refractivity contribution < 1.29 is 4.39 Å². The van der Waals surface area contributed by atoms with E-state index in [2.05, 4.69) is 17.3 Å². The molecular weight excluding hydrogens is 253 g/mol. The summed E-state index contributed by atoms with van der Waals surface area (Å²) in [5, 5.41) is 7.50. The first kappa shape index (κ1) is 14.7. The van der Waals surface area contributed by atoms with Crippen LogP contribution in [0.2, 0.25) is 0 Å². The number of nitrogens with zero attached hydrogens (tertiary/aromatic N) is 2. The van der Waals surface area contributed by atoms with Crippen molar-refractivity contribution in [3.8, 4) is 0 Å². The maximum Gasteiger partial charge on any atom is 0.126 e. The third-order valence-electron chi connectivity index (χ3n) is 3.53. The van der Waals surface area contributed by atoms with Gasteiger partial charge in [0, 0.05) is 19.8 Å². The first-order valence-corrected chi connectivity index (χ1v) is 7.13. The van der Waals surface area contributed by atoms with Crippen molar-refractivity contribution in [2.24, 2.45) is 7.05 Å². The first-order valence-electron chi connectivity index (χ1n) is 7.13. The van der Waals surface area contributed by atoms with Gasteiger partial charge >= 0.3 is 0 Å². The molecule has 0 radical (unpaired) electrons. The highest BCUT2D eigenvalue weighted by atomic mass is 19.1. The summed E-state index contributed by atoms with van der Waals surface area (Å²) >= 11 is 0. The summed E-state index contributed by atoms with van der Waals surface area (Å²) in [4.78, 5) is 0. The average Bonchev–Trinajstić information content (AvgIpc) is 2.86. The number of nitrogens with one attached hydrogen (secondary N) is 1. The second kappa shape index (κ2) is 7.20. The van der Waals surface area contributed by atoms with Crippen LogP contribution in [0.4, 0.5) is 4.39 Å². The molecule has 0 saturated carbocycles. The largest absolute Gasteiger partial charge is 0.316 e. The number of aromatic nitrogens is 2. The highest BCUT2D eigenvalue weighted by molar-refractivity contribution is 5.22. The molecule has 4 heteroatoms. The van der Waals surface area contributed by atoms with E-state index in [0.29, 0.717) is 0 Å². The number of hydrogen-bond donors (Lipinski definition) is 1. The van der Waals surface area contributed by atoms with Crippen molar-refractivity contribution >= 4 is 0 Å². The zero-order valence-corrected chi connectivity index (χ0v) is 12.1. The standard InChI is InChI=1S/C16H22FN3/c1-3-18-11-14(15-6-4-5-7-16(15)17)9-8-13-10-19-20(2)12-13/h4-7,10,12,14,18H,3,8-9,11H2,1-2H3. The molecule has 0 fully saturated rings. The Kier molecular flexibility index (Phi) is 5.30. The van der Waals surface area contributed by atoms with Crippen LogP contribution >= 0.6 is 0 Å². The van der Waals surface area contributed by atoms with E-state index in [9.17, 15) is 4.39 Å². The summed E-state index contributed by atoms with van der Waals surface area (Å²) in [6.07, 6.45) is 5.73. The predicted molar refractivity (Wildman–Crippen MR) is 79.2 cm³/mol. The normalized spacial score (nSPS) is 12.6. The molecule has 0 spiro atoms. The molecule has 2 aromatic rings. The van der Waals surface area contributed by atoms with Gasteiger partial charge < -0.3 is 5.32 Å². The average molecular weight is 275 g/mol. The van der Waals surface area contributed by atoms with E-state index in [1.54, 1.807) is 16.8 Å². The maximum absolute atomic E-state index is 14.0. The van der Waals surface area contributed by atoms with Gasteiger partial charge in [-0.05, 0) is 42.5 Å². The van der Waals surface area contributed by atoms with Gasteiger partial charge in [0.2, 0.25) is 0 Å². The van der Waals surface area contributed by atoms with Crippen LogP contribution in [0.3, 0.4) is 0 Å². The van der Waals surface area contributed by atoms with E-state index in [1.165, 1.54) is 5.56 Å². The van der Waals surface area contributed by atoms with E-state index < -0.39 is 0 Å². The molecule has 20 heavy (non-hydrogen) atoms. The Balaban J connectivity index is 2.05. The van der Waals surface area contributed by atoms with Gasteiger partial charge in [-0.25, -0.2) is 4.39 Å². The summed E-state index contributed by atoms with van der Waals surface area (Å²) in [5.41, 5.74) is 2.00. The molecule has 1 aromatic carbocycles. The van der Waals surface area contributed by atoms with Gasteiger partial charge in [-0.1, -0.05) is 25.1 Å². The molecule has 1 atom stereocenters. The number of likely N-dealkylation sites (N-methyl/N-ethyl adjacent to an activating group) is 1. The van der Waals surface area contributed by atoms with Crippen molar-refractivity contribution in [1.82, 2.24) is 15.1 Å². The molecule has 0 aliphatic carbocycles. The molecule has 3 nitrogen and oxygen atoms in total. The lowest BCUT2D eigenvalue weighted by atomic mass is 9.92. The number of halogens is 1. The van der Waals surface area contributed by atoms with Gasteiger partial charge in [0.15, 0.2) is 0 Å². The molecule has 1 unspecified atom stereocenters. The minimum Gasteiger partial charge on any atom is -0.316 e. The fourth-order valence-corrected chi connectivity index (χ4v) is 2.43. The van der Waals surface area contributed by atoms with E-state index in [-0.39, 0.29) is 11.7 Å². The lowest BCUT2D eigenvalue weighted by Crippen LogP contribution is -2.22. The van der Waals surface area contributed by atoms with E-state index >= 15 is 0 Å². The maximum atomic E-state index is 14.0. The van der Waals surface area contributed by atoms with Gasteiger partial charge in [0.1, 0.15) is 5.82 Å². The van der Waals surface area contributed by atoms with E-state index in [0.717, 1.165) is 31.5 Å². The third-order valence-corrected chi connectivity index (χ3v) is 3.53. The fourth-order valence-electron chi connectivity index (χ4n) is 2.43. The molecule has 0 aliphatic heterocycles. The molecule has 1 aromatic heterocycles. The van der Waals surface area contributed by atoms with Crippen LogP contribution in [0.5, 0.6) is 0 Å². The molecule has 0 aliphatic rings. The van der Waals surface area contributed by atoms with Crippen molar-refractivity contribution in [1.29, 1.82) is 0 Å². The molecule has 2 rings (SSSR count). The monoisotopic (exact) mass is 275 g/mol. The zero-order chi connectivity index (χ0) is 14.4. The third kappa shape index (κ3) is 3.90. The molecule has 108 valence electrons.